The molecule has 0 atom stereocenters. The van der Waals surface area contributed by atoms with Crippen LogP contribution < -0.4 is 9.47 Å². The standard InChI is InChI=1S/C15H19NO3/c1-10(2)13-11(18-3)5-6-12(19-4)14(13)15(7-8-15)16-9-17/h5-6,10H,7-8H2,1-4H3. The predicted molar refractivity (Wildman–Crippen MR) is 72.7 cm³/mol. The van der Waals surface area contributed by atoms with Crippen molar-refractivity contribution in [1.82, 2.24) is 0 Å². The van der Waals surface area contributed by atoms with E-state index in [2.05, 4.69) is 18.8 Å². The van der Waals surface area contributed by atoms with Gasteiger partial charge in [0.2, 0.25) is 6.08 Å². The molecule has 0 aliphatic heterocycles. The van der Waals surface area contributed by atoms with E-state index in [4.69, 9.17) is 9.47 Å². The number of nitrogens with zero attached hydrogens (tertiary/aromatic N) is 1. The lowest BCUT2D eigenvalue weighted by atomic mass is 9.89. The van der Waals surface area contributed by atoms with Crippen LogP contribution >= 0.6 is 0 Å². The fourth-order valence-corrected chi connectivity index (χ4v) is 2.61. The van der Waals surface area contributed by atoms with Crippen LogP contribution in [0.25, 0.3) is 0 Å². The average molecular weight is 261 g/mol. The van der Waals surface area contributed by atoms with Gasteiger partial charge in [0.25, 0.3) is 0 Å². The van der Waals surface area contributed by atoms with E-state index in [-0.39, 0.29) is 5.92 Å². The van der Waals surface area contributed by atoms with Gasteiger partial charge in [0, 0.05) is 11.1 Å². The van der Waals surface area contributed by atoms with E-state index in [0.717, 1.165) is 35.5 Å². The molecule has 4 nitrogen and oxygen atoms in total. The van der Waals surface area contributed by atoms with Gasteiger partial charge in [0.05, 0.1) is 14.2 Å². The lowest BCUT2D eigenvalue weighted by molar-refractivity contribution is 0.387. The minimum absolute atomic E-state index is 0.263. The predicted octanol–water partition coefficient (Wildman–Crippen LogP) is 3.15. The van der Waals surface area contributed by atoms with Gasteiger partial charge in [0.15, 0.2) is 0 Å². The number of aliphatic imine (C=N–C) groups is 1. The molecule has 19 heavy (non-hydrogen) atoms. The molecule has 0 saturated heterocycles. The van der Waals surface area contributed by atoms with E-state index in [1.165, 1.54) is 0 Å². The molecule has 1 aliphatic carbocycles. The van der Waals surface area contributed by atoms with Crippen LogP contribution in [-0.2, 0) is 10.3 Å². The second-order valence-electron chi connectivity index (χ2n) is 5.15. The Labute approximate surface area is 113 Å². The van der Waals surface area contributed by atoms with Crippen LogP contribution in [0.2, 0.25) is 0 Å². The highest BCUT2D eigenvalue weighted by atomic mass is 16.5. The summed E-state index contributed by atoms with van der Waals surface area (Å²) in [6, 6.07) is 3.78. The third-order valence-electron chi connectivity index (χ3n) is 3.63. The van der Waals surface area contributed by atoms with Gasteiger partial charge < -0.3 is 9.47 Å². The largest absolute Gasteiger partial charge is 0.496 e. The van der Waals surface area contributed by atoms with Crippen LogP contribution in [-0.4, -0.2) is 20.3 Å². The molecule has 1 aromatic rings. The van der Waals surface area contributed by atoms with Gasteiger partial charge >= 0.3 is 0 Å². The number of benzene rings is 1. The lowest BCUT2D eigenvalue weighted by Crippen LogP contribution is -2.12. The van der Waals surface area contributed by atoms with Crippen molar-refractivity contribution in [3.05, 3.63) is 23.3 Å². The number of rotatable bonds is 5. The molecule has 0 bridgehead atoms. The van der Waals surface area contributed by atoms with Gasteiger partial charge in [-0.1, -0.05) is 13.8 Å². The molecule has 1 aliphatic rings. The Hall–Kier alpha value is -1.80. The number of isocyanates is 1. The molecule has 1 fully saturated rings. The van der Waals surface area contributed by atoms with Crippen molar-refractivity contribution < 1.29 is 14.3 Å². The van der Waals surface area contributed by atoms with Crippen molar-refractivity contribution in [3.63, 3.8) is 0 Å². The van der Waals surface area contributed by atoms with Gasteiger partial charge in [-0.25, -0.2) is 4.79 Å². The van der Waals surface area contributed by atoms with Gasteiger partial charge in [0.1, 0.15) is 17.0 Å². The molecule has 102 valence electrons. The van der Waals surface area contributed by atoms with E-state index in [1.807, 2.05) is 12.1 Å². The van der Waals surface area contributed by atoms with Gasteiger partial charge in [-0.05, 0) is 30.9 Å². The second kappa shape index (κ2) is 5.06. The maximum Gasteiger partial charge on any atom is 0.235 e. The maximum atomic E-state index is 10.7. The summed E-state index contributed by atoms with van der Waals surface area (Å²) in [4.78, 5) is 14.7. The van der Waals surface area contributed by atoms with Crippen LogP contribution in [0, 0.1) is 0 Å². The van der Waals surface area contributed by atoms with E-state index in [9.17, 15) is 4.79 Å². The van der Waals surface area contributed by atoms with Gasteiger partial charge in [-0.2, -0.15) is 4.99 Å². The Kier molecular flexibility index (Phi) is 3.63. The summed E-state index contributed by atoms with van der Waals surface area (Å²) in [7, 11) is 3.29. The molecular weight excluding hydrogens is 242 g/mol. The second-order valence-corrected chi connectivity index (χ2v) is 5.15. The molecule has 1 aromatic carbocycles. The van der Waals surface area contributed by atoms with Crippen molar-refractivity contribution in [2.75, 3.05) is 14.2 Å². The zero-order valence-corrected chi connectivity index (χ0v) is 11.8. The van der Waals surface area contributed by atoms with Crippen molar-refractivity contribution >= 4 is 6.08 Å². The monoisotopic (exact) mass is 261 g/mol. The molecule has 2 rings (SSSR count). The molecule has 0 radical (unpaired) electrons. The Balaban J connectivity index is 2.71. The van der Waals surface area contributed by atoms with E-state index < -0.39 is 5.54 Å². The van der Waals surface area contributed by atoms with Crippen LogP contribution in [0.5, 0.6) is 11.5 Å². The number of hydrogen-bond acceptors (Lipinski definition) is 4. The summed E-state index contributed by atoms with van der Waals surface area (Å²) < 4.78 is 10.9. The zero-order valence-electron chi connectivity index (χ0n) is 11.8. The van der Waals surface area contributed by atoms with Crippen LogP contribution in [0.15, 0.2) is 17.1 Å². The average Bonchev–Trinajstić information content (AvgIpc) is 3.17. The van der Waals surface area contributed by atoms with Crippen LogP contribution in [0.3, 0.4) is 0 Å². The third kappa shape index (κ3) is 2.24. The van der Waals surface area contributed by atoms with Crippen molar-refractivity contribution in [1.29, 1.82) is 0 Å². The highest BCUT2D eigenvalue weighted by Gasteiger charge is 2.49. The summed E-state index contributed by atoms with van der Waals surface area (Å²) in [5, 5.41) is 0. The Morgan fingerprint density at radius 1 is 1.21 bits per heavy atom. The first kappa shape index (κ1) is 13.6. The quantitative estimate of drug-likeness (QED) is 0.604. The summed E-state index contributed by atoms with van der Waals surface area (Å²) >= 11 is 0. The summed E-state index contributed by atoms with van der Waals surface area (Å²) in [6.07, 6.45) is 3.41. The maximum absolute atomic E-state index is 10.7. The zero-order chi connectivity index (χ0) is 14.0. The molecule has 0 spiro atoms. The lowest BCUT2D eigenvalue weighted by Gasteiger charge is -2.23. The molecule has 0 heterocycles. The number of hydrogen-bond donors (Lipinski definition) is 0. The van der Waals surface area contributed by atoms with E-state index in [0.29, 0.717) is 0 Å². The van der Waals surface area contributed by atoms with E-state index in [1.54, 1.807) is 20.3 Å². The first-order valence-corrected chi connectivity index (χ1v) is 6.44. The van der Waals surface area contributed by atoms with Crippen molar-refractivity contribution in [2.24, 2.45) is 4.99 Å². The summed E-state index contributed by atoms with van der Waals surface area (Å²) in [5.41, 5.74) is 1.59. The minimum Gasteiger partial charge on any atom is -0.496 e. The van der Waals surface area contributed by atoms with Crippen molar-refractivity contribution in [2.45, 2.75) is 38.1 Å². The Bertz CT molecular complexity index is 526. The summed E-state index contributed by atoms with van der Waals surface area (Å²) in [5.74, 6) is 1.85. The Morgan fingerprint density at radius 3 is 2.21 bits per heavy atom. The highest BCUT2D eigenvalue weighted by Crippen LogP contribution is 2.56. The SMILES string of the molecule is COc1ccc(OC)c(C2(N=C=O)CC2)c1C(C)C. The van der Waals surface area contributed by atoms with Gasteiger partial charge in [-0.15, -0.1) is 0 Å². The molecule has 0 aromatic heterocycles. The Morgan fingerprint density at radius 2 is 1.79 bits per heavy atom. The molecule has 0 unspecified atom stereocenters. The van der Waals surface area contributed by atoms with E-state index >= 15 is 0 Å². The van der Waals surface area contributed by atoms with Crippen LogP contribution in [0.1, 0.15) is 43.7 Å². The molecule has 4 heteroatoms. The molecular formula is C15H19NO3. The van der Waals surface area contributed by atoms with Crippen molar-refractivity contribution in [3.8, 4) is 11.5 Å². The fraction of sp³-hybridized carbons (Fsp3) is 0.533. The normalized spacial score (nSPS) is 15.8. The van der Waals surface area contributed by atoms with Gasteiger partial charge in [-0.3, -0.25) is 0 Å². The topological polar surface area (TPSA) is 47.9 Å². The first-order valence-electron chi connectivity index (χ1n) is 6.44. The molecule has 0 amide bonds. The highest BCUT2D eigenvalue weighted by molar-refractivity contribution is 5.57. The number of methoxy groups -OCH3 is 2. The fourth-order valence-electron chi connectivity index (χ4n) is 2.61. The smallest absolute Gasteiger partial charge is 0.235 e. The third-order valence-corrected chi connectivity index (χ3v) is 3.63. The molecule has 1 saturated carbocycles. The number of ether oxygens (including phenoxy) is 2. The molecule has 0 N–H and O–H groups in total. The summed E-state index contributed by atoms with van der Waals surface area (Å²) in [6.45, 7) is 4.20. The minimum atomic E-state index is -0.457. The van der Waals surface area contributed by atoms with Crippen LogP contribution in [0.4, 0.5) is 0 Å². The first-order chi connectivity index (χ1) is 9.09. The number of carbonyl (C=O) groups excluding carboxylic acids is 1.